The Hall–Kier alpha value is -0.880. The van der Waals surface area contributed by atoms with Crippen molar-refractivity contribution in [1.29, 1.82) is 0 Å². The van der Waals surface area contributed by atoms with Gasteiger partial charge in [0.2, 0.25) is 0 Å². The zero-order valence-electron chi connectivity index (χ0n) is 8.43. The molecule has 1 saturated heterocycles. The highest BCUT2D eigenvalue weighted by Gasteiger charge is 2.49. The number of aliphatic hydroxyl groups is 2. The van der Waals surface area contributed by atoms with E-state index in [4.69, 9.17) is 9.84 Å². The molecule has 0 radical (unpaired) electrons. The van der Waals surface area contributed by atoms with Crippen LogP contribution in [0.15, 0.2) is 4.99 Å². The molecule has 0 bridgehead atoms. The van der Waals surface area contributed by atoms with E-state index in [9.17, 15) is 9.50 Å². The van der Waals surface area contributed by atoms with E-state index in [1.165, 1.54) is 0 Å². The van der Waals surface area contributed by atoms with E-state index in [0.29, 0.717) is 12.4 Å². The summed E-state index contributed by atoms with van der Waals surface area (Å²) in [5, 5.41) is 21.3. The third kappa shape index (κ3) is 1.68. The van der Waals surface area contributed by atoms with E-state index in [1.807, 2.05) is 0 Å². The fourth-order valence-corrected chi connectivity index (χ4v) is 2.18. The van der Waals surface area contributed by atoms with Gasteiger partial charge in [0.25, 0.3) is 6.02 Å². The van der Waals surface area contributed by atoms with Crippen LogP contribution in [0.25, 0.3) is 0 Å². The smallest absolute Gasteiger partial charge is 0.285 e. The van der Waals surface area contributed by atoms with Gasteiger partial charge in [-0.2, -0.15) is 0 Å². The SMILES string of the molecule is CN=C1NC2C(CC(CO)C(O)C2F)O1. The summed E-state index contributed by atoms with van der Waals surface area (Å²) in [5.74, 6) is -0.459. The third-order valence-corrected chi connectivity index (χ3v) is 3.08. The van der Waals surface area contributed by atoms with Gasteiger partial charge >= 0.3 is 0 Å². The Labute approximate surface area is 87.0 Å². The number of nitrogens with zero attached hydrogens (tertiary/aromatic N) is 1. The minimum atomic E-state index is -1.43. The second-order valence-electron chi connectivity index (χ2n) is 3.97. The Morgan fingerprint density at radius 3 is 3.00 bits per heavy atom. The molecule has 1 aliphatic heterocycles. The Morgan fingerprint density at radius 2 is 2.40 bits per heavy atom. The molecule has 6 heteroatoms. The maximum absolute atomic E-state index is 13.7. The largest absolute Gasteiger partial charge is 0.460 e. The predicted molar refractivity (Wildman–Crippen MR) is 51.3 cm³/mol. The number of ether oxygens (including phenoxy) is 1. The minimum absolute atomic E-state index is 0.229. The maximum Gasteiger partial charge on any atom is 0.285 e. The summed E-state index contributed by atoms with van der Waals surface area (Å²) in [6.07, 6.45) is -2.47. The van der Waals surface area contributed by atoms with E-state index in [2.05, 4.69) is 10.3 Å². The van der Waals surface area contributed by atoms with Crippen molar-refractivity contribution in [2.45, 2.75) is 30.8 Å². The number of rotatable bonds is 1. The number of nitrogens with one attached hydrogen (secondary N) is 1. The molecule has 0 aromatic carbocycles. The highest BCUT2D eigenvalue weighted by Crippen LogP contribution is 2.32. The fourth-order valence-electron chi connectivity index (χ4n) is 2.18. The number of aliphatic hydroxyl groups excluding tert-OH is 2. The van der Waals surface area contributed by atoms with Crippen LogP contribution in [-0.4, -0.2) is 54.3 Å². The van der Waals surface area contributed by atoms with E-state index in [-0.39, 0.29) is 12.7 Å². The summed E-state index contributed by atoms with van der Waals surface area (Å²) in [5.41, 5.74) is 0. The molecule has 1 saturated carbocycles. The van der Waals surface area contributed by atoms with Crippen LogP contribution in [0.4, 0.5) is 4.39 Å². The molecule has 0 amide bonds. The van der Waals surface area contributed by atoms with Gasteiger partial charge in [0.15, 0.2) is 0 Å². The lowest BCUT2D eigenvalue weighted by atomic mass is 9.81. The van der Waals surface area contributed by atoms with Gasteiger partial charge in [-0.15, -0.1) is 0 Å². The first-order valence-corrected chi connectivity index (χ1v) is 5.00. The van der Waals surface area contributed by atoms with E-state index in [0.717, 1.165) is 0 Å². The summed E-state index contributed by atoms with van der Waals surface area (Å²) >= 11 is 0. The number of amidine groups is 1. The molecule has 1 heterocycles. The average molecular weight is 218 g/mol. The normalized spacial score (nSPS) is 47.2. The van der Waals surface area contributed by atoms with Gasteiger partial charge < -0.3 is 20.3 Å². The van der Waals surface area contributed by atoms with Gasteiger partial charge in [-0.3, -0.25) is 0 Å². The summed E-state index contributed by atoms with van der Waals surface area (Å²) < 4.78 is 19.1. The standard InChI is InChI=1S/C9H15FN2O3/c1-11-9-12-7-5(15-9)2-4(3-13)8(14)6(7)10/h4-8,13-14H,2-3H2,1H3,(H,11,12). The van der Waals surface area contributed by atoms with E-state index >= 15 is 0 Å². The first-order chi connectivity index (χ1) is 7.17. The molecule has 2 rings (SSSR count). The molecular formula is C9H15FN2O3. The van der Waals surface area contributed by atoms with E-state index < -0.39 is 24.2 Å². The average Bonchev–Trinajstić information content (AvgIpc) is 2.66. The van der Waals surface area contributed by atoms with Crippen LogP contribution in [0.3, 0.4) is 0 Å². The number of alkyl halides is 1. The summed E-state index contributed by atoms with van der Waals surface area (Å²) in [4.78, 5) is 3.79. The number of aliphatic imine (C=N–C) groups is 1. The van der Waals surface area contributed by atoms with Crippen LogP contribution < -0.4 is 5.32 Å². The molecule has 0 spiro atoms. The molecule has 2 aliphatic rings. The van der Waals surface area contributed by atoms with Crippen LogP contribution in [-0.2, 0) is 4.74 Å². The fraction of sp³-hybridized carbons (Fsp3) is 0.889. The van der Waals surface area contributed by atoms with Gasteiger partial charge in [-0.25, -0.2) is 9.38 Å². The lowest BCUT2D eigenvalue weighted by molar-refractivity contribution is -0.0626. The van der Waals surface area contributed by atoms with Gasteiger partial charge in [-0.1, -0.05) is 0 Å². The first-order valence-electron chi connectivity index (χ1n) is 5.00. The summed E-state index contributed by atoms with van der Waals surface area (Å²) in [6.45, 7) is -0.229. The first kappa shape index (κ1) is 10.6. The van der Waals surface area contributed by atoms with E-state index in [1.54, 1.807) is 7.05 Å². The Bertz CT molecular complexity index is 274. The Kier molecular flexibility index (Phi) is 2.79. The quantitative estimate of drug-likeness (QED) is 0.530. The molecule has 5 nitrogen and oxygen atoms in total. The van der Waals surface area contributed by atoms with Crippen LogP contribution in [0.2, 0.25) is 0 Å². The van der Waals surface area contributed by atoms with Crippen LogP contribution in [0, 0.1) is 5.92 Å². The molecule has 86 valence electrons. The van der Waals surface area contributed by atoms with Crippen molar-refractivity contribution in [3.8, 4) is 0 Å². The van der Waals surface area contributed by atoms with Crippen LogP contribution in [0.1, 0.15) is 6.42 Å². The molecular weight excluding hydrogens is 203 g/mol. The highest BCUT2D eigenvalue weighted by atomic mass is 19.1. The molecule has 5 unspecified atom stereocenters. The number of hydrogen-bond acceptors (Lipinski definition) is 4. The molecule has 15 heavy (non-hydrogen) atoms. The van der Waals surface area contributed by atoms with Crippen molar-refractivity contribution >= 4 is 6.02 Å². The topological polar surface area (TPSA) is 74.1 Å². The predicted octanol–water partition coefficient (Wildman–Crippen LogP) is -0.960. The van der Waals surface area contributed by atoms with Crippen molar-refractivity contribution in [2.24, 2.45) is 10.9 Å². The second kappa shape index (κ2) is 3.94. The molecule has 3 N–H and O–H groups in total. The van der Waals surface area contributed by atoms with Crippen molar-refractivity contribution < 1.29 is 19.3 Å². The maximum atomic E-state index is 13.7. The summed E-state index contributed by atoms with van der Waals surface area (Å²) in [6, 6.07) is -0.250. The number of halogens is 1. The summed E-state index contributed by atoms with van der Waals surface area (Å²) in [7, 11) is 1.55. The Morgan fingerprint density at radius 1 is 1.67 bits per heavy atom. The third-order valence-electron chi connectivity index (χ3n) is 3.08. The highest BCUT2D eigenvalue weighted by molar-refractivity contribution is 5.76. The number of hydrogen-bond donors (Lipinski definition) is 3. The zero-order valence-corrected chi connectivity index (χ0v) is 8.43. The molecule has 2 fully saturated rings. The van der Waals surface area contributed by atoms with Gasteiger partial charge in [-0.05, 0) is 6.42 Å². The Balaban J connectivity index is 2.13. The second-order valence-corrected chi connectivity index (χ2v) is 3.97. The van der Waals surface area contributed by atoms with Crippen LogP contribution >= 0.6 is 0 Å². The lowest BCUT2D eigenvalue weighted by Crippen LogP contribution is -2.54. The zero-order chi connectivity index (χ0) is 11.0. The minimum Gasteiger partial charge on any atom is -0.460 e. The van der Waals surface area contributed by atoms with Crippen LogP contribution in [0.5, 0.6) is 0 Å². The number of fused-ring (bicyclic) bond motifs is 1. The van der Waals surface area contributed by atoms with Gasteiger partial charge in [0.05, 0.1) is 6.10 Å². The molecule has 0 aromatic rings. The lowest BCUT2D eigenvalue weighted by Gasteiger charge is -2.35. The molecule has 5 atom stereocenters. The monoisotopic (exact) mass is 218 g/mol. The van der Waals surface area contributed by atoms with Crippen molar-refractivity contribution in [1.82, 2.24) is 5.32 Å². The van der Waals surface area contributed by atoms with Gasteiger partial charge in [0.1, 0.15) is 18.3 Å². The van der Waals surface area contributed by atoms with Crippen molar-refractivity contribution in [3.63, 3.8) is 0 Å². The van der Waals surface area contributed by atoms with Crippen molar-refractivity contribution in [3.05, 3.63) is 0 Å². The van der Waals surface area contributed by atoms with Crippen molar-refractivity contribution in [2.75, 3.05) is 13.7 Å². The molecule has 0 aromatic heterocycles. The van der Waals surface area contributed by atoms with Gasteiger partial charge in [0, 0.05) is 19.6 Å². The molecule has 1 aliphatic carbocycles.